The third-order valence-corrected chi connectivity index (χ3v) is 5.87. The smallest absolute Gasteiger partial charge is 0.263 e. The molecule has 1 N–H and O–H groups in total. The van der Waals surface area contributed by atoms with Crippen molar-refractivity contribution >= 4 is 5.91 Å². The van der Waals surface area contributed by atoms with E-state index in [1.807, 2.05) is 48.2 Å². The van der Waals surface area contributed by atoms with Crippen LogP contribution in [0.15, 0.2) is 59.5 Å². The summed E-state index contributed by atoms with van der Waals surface area (Å²) < 4.78 is 11.3. The van der Waals surface area contributed by atoms with Gasteiger partial charge < -0.3 is 19.4 Å². The summed E-state index contributed by atoms with van der Waals surface area (Å²) in [7, 11) is 1.58. The van der Waals surface area contributed by atoms with Crippen LogP contribution in [-0.2, 0) is 4.79 Å². The highest BCUT2D eigenvalue weighted by molar-refractivity contribution is 5.81. The molecule has 1 aliphatic rings. The number of nitrogens with zero attached hydrogens (tertiary/aromatic N) is 3. The lowest BCUT2D eigenvalue weighted by Gasteiger charge is -2.33. The number of piperidine rings is 1. The molecule has 0 radical (unpaired) electrons. The van der Waals surface area contributed by atoms with Gasteiger partial charge in [-0.05, 0) is 43.5 Å². The zero-order valence-electron chi connectivity index (χ0n) is 18.9. The Kier molecular flexibility index (Phi) is 7.02. The number of aromatic amines is 1. The zero-order chi connectivity index (χ0) is 23.2. The van der Waals surface area contributed by atoms with Crippen LogP contribution in [0.3, 0.4) is 0 Å². The lowest BCUT2D eigenvalue weighted by atomic mass is 9.95. The van der Waals surface area contributed by atoms with E-state index in [1.54, 1.807) is 19.4 Å². The molecule has 172 valence electrons. The van der Waals surface area contributed by atoms with E-state index in [2.05, 4.69) is 15.0 Å². The van der Waals surface area contributed by atoms with Crippen LogP contribution in [-0.4, -0.2) is 52.1 Å². The molecule has 8 heteroatoms. The second kappa shape index (κ2) is 10.3. The summed E-state index contributed by atoms with van der Waals surface area (Å²) in [5.74, 6) is 1.84. The van der Waals surface area contributed by atoms with Crippen molar-refractivity contribution in [2.24, 2.45) is 0 Å². The maximum atomic E-state index is 13.1. The number of hydrogen-bond acceptors (Lipinski definition) is 6. The minimum atomic E-state index is -0.580. The number of methoxy groups -OCH3 is 1. The summed E-state index contributed by atoms with van der Waals surface area (Å²) >= 11 is 0. The van der Waals surface area contributed by atoms with Gasteiger partial charge in [0.25, 0.3) is 11.5 Å². The van der Waals surface area contributed by atoms with E-state index < -0.39 is 6.10 Å². The number of rotatable bonds is 7. The fraction of sp³-hybridized carbons (Fsp3) is 0.360. The number of amides is 1. The molecule has 3 aromatic rings. The van der Waals surface area contributed by atoms with Gasteiger partial charge in [-0.1, -0.05) is 25.1 Å². The van der Waals surface area contributed by atoms with Crippen molar-refractivity contribution in [3.8, 4) is 22.9 Å². The number of ether oxygens (including phenoxy) is 2. The number of carbonyl (C=O) groups excluding carboxylic acids is 1. The van der Waals surface area contributed by atoms with E-state index in [9.17, 15) is 9.59 Å². The number of para-hydroxylation sites is 2. The van der Waals surface area contributed by atoms with Gasteiger partial charge in [0.15, 0.2) is 17.6 Å². The predicted octanol–water partition coefficient (Wildman–Crippen LogP) is 3.40. The number of carbonyl (C=O) groups is 1. The zero-order valence-corrected chi connectivity index (χ0v) is 18.9. The molecule has 1 amide bonds. The van der Waals surface area contributed by atoms with Gasteiger partial charge in [-0.25, -0.2) is 4.98 Å². The molecule has 1 aliphatic heterocycles. The maximum Gasteiger partial charge on any atom is 0.263 e. The van der Waals surface area contributed by atoms with Gasteiger partial charge in [0.1, 0.15) is 5.82 Å². The number of benzene rings is 1. The largest absolute Gasteiger partial charge is 0.493 e. The third kappa shape index (κ3) is 5.22. The average Bonchev–Trinajstić information content (AvgIpc) is 2.87. The van der Waals surface area contributed by atoms with Gasteiger partial charge in [-0.15, -0.1) is 0 Å². The van der Waals surface area contributed by atoms with Crippen LogP contribution in [0.5, 0.6) is 11.5 Å². The molecule has 1 atom stereocenters. The van der Waals surface area contributed by atoms with Crippen molar-refractivity contribution in [3.63, 3.8) is 0 Å². The molecule has 2 aromatic heterocycles. The van der Waals surface area contributed by atoms with Crippen LogP contribution in [0, 0.1) is 0 Å². The standard InChI is InChI=1S/C25H28N4O4/c1-3-20(33-22-10-5-4-9-21(22)32-2)25(31)29-14-11-17(12-15-29)24-27-19(16-23(30)28-24)18-8-6-7-13-26-18/h4-10,13,16-17,20H,3,11-12,14-15H2,1-2H3,(H,27,28,30)/t20-/m1/s1. The van der Waals surface area contributed by atoms with Crippen LogP contribution in [0.1, 0.15) is 37.9 Å². The fourth-order valence-corrected chi connectivity index (χ4v) is 4.07. The second-order valence-corrected chi connectivity index (χ2v) is 8.00. The summed E-state index contributed by atoms with van der Waals surface area (Å²) in [6.45, 7) is 3.09. The number of aromatic nitrogens is 3. The number of likely N-dealkylation sites (tertiary alicyclic amines) is 1. The van der Waals surface area contributed by atoms with Gasteiger partial charge in [-0.2, -0.15) is 0 Å². The van der Waals surface area contributed by atoms with Crippen LogP contribution >= 0.6 is 0 Å². The maximum absolute atomic E-state index is 13.1. The van der Waals surface area contributed by atoms with Crippen molar-refractivity contribution < 1.29 is 14.3 Å². The van der Waals surface area contributed by atoms with Crippen LogP contribution < -0.4 is 15.0 Å². The minimum Gasteiger partial charge on any atom is -0.493 e. The Morgan fingerprint density at radius 2 is 1.85 bits per heavy atom. The minimum absolute atomic E-state index is 0.0365. The van der Waals surface area contributed by atoms with Gasteiger partial charge in [0.05, 0.1) is 18.5 Å². The number of H-pyrrole nitrogens is 1. The molecule has 0 unspecified atom stereocenters. The highest BCUT2D eigenvalue weighted by atomic mass is 16.5. The topological polar surface area (TPSA) is 97.4 Å². The highest BCUT2D eigenvalue weighted by Crippen LogP contribution is 2.30. The Morgan fingerprint density at radius 1 is 1.12 bits per heavy atom. The lowest BCUT2D eigenvalue weighted by molar-refractivity contribution is -0.140. The molecule has 33 heavy (non-hydrogen) atoms. The Bertz CT molecular complexity index is 1140. The highest BCUT2D eigenvalue weighted by Gasteiger charge is 2.30. The monoisotopic (exact) mass is 448 g/mol. The van der Waals surface area contributed by atoms with E-state index in [-0.39, 0.29) is 17.4 Å². The van der Waals surface area contributed by atoms with Crippen LogP contribution in [0.4, 0.5) is 0 Å². The summed E-state index contributed by atoms with van der Waals surface area (Å²) in [5, 5.41) is 0. The molecule has 8 nitrogen and oxygen atoms in total. The van der Waals surface area contributed by atoms with Crippen LogP contribution in [0.25, 0.3) is 11.4 Å². The molecule has 0 aliphatic carbocycles. The first-order chi connectivity index (χ1) is 16.1. The molecule has 0 spiro atoms. The third-order valence-electron chi connectivity index (χ3n) is 5.87. The SMILES string of the molecule is CC[C@@H](Oc1ccccc1OC)C(=O)N1CCC(c2nc(-c3ccccn3)cc(=O)[nH]2)CC1. The van der Waals surface area contributed by atoms with Crippen LogP contribution in [0.2, 0.25) is 0 Å². The summed E-state index contributed by atoms with van der Waals surface area (Å²) in [6.07, 6.45) is 3.08. The normalized spacial score (nSPS) is 15.2. The molecular weight excluding hydrogens is 420 g/mol. The first kappa shape index (κ1) is 22.5. The Hall–Kier alpha value is -3.68. The number of hydrogen-bond donors (Lipinski definition) is 1. The van der Waals surface area contributed by atoms with Gasteiger partial charge in [0, 0.05) is 31.3 Å². The van der Waals surface area contributed by atoms with E-state index in [0.717, 1.165) is 0 Å². The summed E-state index contributed by atoms with van der Waals surface area (Å²) in [6, 6.07) is 14.3. The number of pyridine rings is 1. The first-order valence-electron chi connectivity index (χ1n) is 11.2. The summed E-state index contributed by atoms with van der Waals surface area (Å²) in [4.78, 5) is 39.1. The van der Waals surface area contributed by atoms with Crippen molar-refractivity contribution in [3.05, 3.63) is 70.9 Å². The predicted molar refractivity (Wildman–Crippen MR) is 124 cm³/mol. The second-order valence-electron chi connectivity index (χ2n) is 8.00. The van der Waals surface area contributed by atoms with Crippen molar-refractivity contribution in [2.45, 2.75) is 38.2 Å². The lowest BCUT2D eigenvalue weighted by Crippen LogP contribution is -2.45. The molecular formula is C25H28N4O4. The Labute approximate surface area is 192 Å². The van der Waals surface area contributed by atoms with Crippen molar-refractivity contribution in [1.29, 1.82) is 0 Å². The molecule has 4 rings (SSSR count). The van der Waals surface area contributed by atoms with Gasteiger partial charge >= 0.3 is 0 Å². The molecule has 0 bridgehead atoms. The van der Waals surface area contributed by atoms with Gasteiger partial charge in [-0.3, -0.25) is 14.6 Å². The molecule has 1 fully saturated rings. The average molecular weight is 449 g/mol. The molecule has 1 saturated heterocycles. The molecule has 3 heterocycles. The number of nitrogens with one attached hydrogen (secondary N) is 1. The van der Waals surface area contributed by atoms with Crippen molar-refractivity contribution in [1.82, 2.24) is 19.9 Å². The van der Waals surface area contributed by atoms with Gasteiger partial charge in [0.2, 0.25) is 0 Å². The fourth-order valence-electron chi connectivity index (χ4n) is 4.07. The molecule has 1 aromatic carbocycles. The first-order valence-corrected chi connectivity index (χ1v) is 11.2. The Morgan fingerprint density at radius 3 is 2.52 bits per heavy atom. The van der Waals surface area contributed by atoms with E-state index >= 15 is 0 Å². The Balaban J connectivity index is 1.42. The summed E-state index contributed by atoms with van der Waals surface area (Å²) in [5.41, 5.74) is 1.02. The quantitative estimate of drug-likeness (QED) is 0.595. The molecule has 0 saturated carbocycles. The van der Waals surface area contributed by atoms with Crippen molar-refractivity contribution in [2.75, 3.05) is 20.2 Å². The van der Waals surface area contributed by atoms with E-state index in [0.29, 0.717) is 61.1 Å². The van der Waals surface area contributed by atoms with E-state index in [4.69, 9.17) is 9.47 Å². The van der Waals surface area contributed by atoms with E-state index in [1.165, 1.54) is 6.07 Å².